The molecule has 2 amide bonds. The highest BCUT2D eigenvalue weighted by atomic mass is 16.6. The minimum absolute atomic E-state index is 0.0645. The van der Waals surface area contributed by atoms with Crippen LogP contribution in [0.2, 0.25) is 0 Å². The number of hydrogen-bond donors (Lipinski definition) is 1. The molecule has 2 N–H and O–H groups in total. The highest BCUT2D eigenvalue weighted by Gasteiger charge is 2.23. The lowest BCUT2D eigenvalue weighted by Crippen LogP contribution is -2.43. The fraction of sp³-hybridized carbons (Fsp3) is 0.308. The summed E-state index contributed by atoms with van der Waals surface area (Å²) in [6, 6.07) is 4.92. The average Bonchev–Trinajstić information content (AvgIpc) is 2.48. The van der Waals surface area contributed by atoms with Crippen LogP contribution in [-0.2, 0) is 9.47 Å². The number of nitro benzene ring substituents is 1. The van der Waals surface area contributed by atoms with Gasteiger partial charge in [0.25, 0.3) is 5.69 Å². The number of aliphatic imine (C=N–C) groups is 1. The molecule has 0 saturated heterocycles. The summed E-state index contributed by atoms with van der Waals surface area (Å²) in [6.07, 6.45) is -1.85. The number of nitro groups is 1. The van der Waals surface area contributed by atoms with E-state index in [9.17, 15) is 19.7 Å². The lowest BCUT2D eigenvalue weighted by molar-refractivity contribution is -0.384. The Balaban J connectivity index is 3.16. The van der Waals surface area contributed by atoms with Crippen LogP contribution in [0.5, 0.6) is 0 Å². The summed E-state index contributed by atoms with van der Waals surface area (Å²) in [7, 11) is 0. The topological polar surface area (TPSA) is 137 Å². The number of nitrogens with zero attached hydrogens (tertiary/aromatic N) is 3. The quantitative estimate of drug-likeness (QED) is 0.387. The van der Waals surface area contributed by atoms with E-state index in [0.29, 0.717) is 0 Å². The number of hydrogen-bond acceptors (Lipinski definition) is 6. The van der Waals surface area contributed by atoms with Crippen LogP contribution in [-0.4, -0.2) is 36.3 Å². The Morgan fingerprint density at radius 3 is 2.26 bits per heavy atom. The van der Waals surface area contributed by atoms with Crippen LogP contribution >= 0.6 is 0 Å². The normalized spacial score (nSPS) is 10.8. The van der Waals surface area contributed by atoms with Gasteiger partial charge in [0.15, 0.2) is 0 Å². The Morgan fingerprint density at radius 1 is 1.22 bits per heavy atom. The van der Waals surface area contributed by atoms with Gasteiger partial charge in [-0.1, -0.05) is 0 Å². The molecule has 0 aliphatic heterocycles. The summed E-state index contributed by atoms with van der Waals surface area (Å²) in [4.78, 5) is 37.7. The number of nitrogens with two attached hydrogens (primary N) is 1. The van der Waals surface area contributed by atoms with E-state index in [1.807, 2.05) is 0 Å². The van der Waals surface area contributed by atoms with E-state index >= 15 is 0 Å². The lowest BCUT2D eigenvalue weighted by Gasteiger charge is -2.20. The van der Waals surface area contributed by atoms with Crippen molar-refractivity contribution in [3.05, 3.63) is 34.4 Å². The molecule has 1 aromatic carbocycles. The van der Waals surface area contributed by atoms with E-state index in [0.717, 1.165) is 4.90 Å². The monoisotopic (exact) mass is 324 g/mol. The first-order chi connectivity index (χ1) is 10.9. The van der Waals surface area contributed by atoms with E-state index in [2.05, 4.69) is 9.73 Å². The van der Waals surface area contributed by atoms with Crippen molar-refractivity contribution in [2.75, 3.05) is 18.1 Å². The summed E-state index contributed by atoms with van der Waals surface area (Å²) in [5, 5.41) is 10.7. The predicted octanol–water partition coefficient (Wildman–Crippen LogP) is 2.03. The van der Waals surface area contributed by atoms with Crippen LogP contribution in [0.1, 0.15) is 13.8 Å². The van der Waals surface area contributed by atoms with Gasteiger partial charge in [0.05, 0.1) is 23.8 Å². The van der Waals surface area contributed by atoms with E-state index in [1.54, 1.807) is 13.8 Å². The second-order valence-corrected chi connectivity index (χ2v) is 3.98. The Hall–Kier alpha value is -3.17. The molecule has 0 heterocycles. The highest BCUT2D eigenvalue weighted by molar-refractivity contribution is 6.15. The summed E-state index contributed by atoms with van der Waals surface area (Å²) < 4.78 is 9.45. The van der Waals surface area contributed by atoms with Crippen LogP contribution in [0, 0.1) is 10.1 Å². The molecular formula is C13H16N4O6. The number of anilines is 1. The van der Waals surface area contributed by atoms with Crippen molar-refractivity contribution in [2.45, 2.75) is 13.8 Å². The zero-order chi connectivity index (χ0) is 17.4. The van der Waals surface area contributed by atoms with Crippen molar-refractivity contribution >= 4 is 29.5 Å². The maximum atomic E-state index is 12.0. The Labute approximate surface area is 131 Å². The van der Waals surface area contributed by atoms with E-state index in [4.69, 9.17) is 10.5 Å². The summed E-state index contributed by atoms with van der Waals surface area (Å²) in [5.74, 6) is -0.476. The molecule has 0 radical (unpaired) electrons. The second-order valence-electron chi connectivity index (χ2n) is 3.98. The molecule has 0 aliphatic rings. The van der Waals surface area contributed by atoms with Crippen molar-refractivity contribution in [3.8, 4) is 0 Å². The number of rotatable bonds is 4. The first-order valence-corrected chi connectivity index (χ1v) is 6.62. The molecule has 0 fully saturated rings. The van der Waals surface area contributed by atoms with E-state index in [-0.39, 0.29) is 24.6 Å². The third-order valence-corrected chi connectivity index (χ3v) is 2.47. The van der Waals surface area contributed by atoms with Gasteiger partial charge >= 0.3 is 12.2 Å². The second kappa shape index (κ2) is 8.32. The molecule has 0 spiro atoms. The smallest absolute Gasteiger partial charge is 0.436 e. The third kappa shape index (κ3) is 4.95. The molecule has 23 heavy (non-hydrogen) atoms. The number of carbonyl (C=O) groups excluding carboxylic acids is 2. The van der Waals surface area contributed by atoms with Gasteiger partial charge in [0.1, 0.15) is 0 Å². The van der Waals surface area contributed by atoms with Gasteiger partial charge in [0, 0.05) is 12.1 Å². The van der Waals surface area contributed by atoms with Crippen LogP contribution in [0.4, 0.5) is 21.0 Å². The van der Waals surface area contributed by atoms with Crippen LogP contribution < -0.4 is 10.6 Å². The first kappa shape index (κ1) is 17.9. The molecule has 0 saturated carbocycles. The predicted molar refractivity (Wildman–Crippen MR) is 81.2 cm³/mol. The molecule has 10 heteroatoms. The zero-order valence-electron chi connectivity index (χ0n) is 12.6. The van der Waals surface area contributed by atoms with Crippen molar-refractivity contribution in [2.24, 2.45) is 10.7 Å². The molecule has 0 unspecified atom stereocenters. The van der Waals surface area contributed by atoms with Crippen molar-refractivity contribution in [1.29, 1.82) is 0 Å². The van der Waals surface area contributed by atoms with Crippen molar-refractivity contribution in [1.82, 2.24) is 0 Å². The van der Waals surface area contributed by atoms with E-state index in [1.165, 1.54) is 24.3 Å². The van der Waals surface area contributed by atoms with Gasteiger partial charge in [0.2, 0.25) is 5.96 Å². The Kier molecular flexibility index (Phi) is 6.46. The summed E-state index contributed by atoms with van der Waals surface area (Å²) in [5.41, 5.74) is 5.63. The molecule has 124 valence electrons. The third-order valence-electron chi connectivity index (χ3n) is 2.47. The fourth-order valence-corrected chi connectivity index (χ4v) is 1.54. The molecule has 0 aromatic heterocycles. The maximum Gasteiger partial charge on any atom is 0.436 e. The fourth-order valence-electron chi connectivity index (χ4n) is 1.54. The SMILES string of the molecule is CCOC(=O)/N=C(\N)N(C(=O)OCC)c1ccc([N+](=O)[O-])cc1. The summed E-state index contributed by atoms with van der Waals surface area (Å²) in [6.45, 7) is 3.33. The Morgan fingerprint density at radius 2 is 1.78 bits per heavy atom. The highest BCUT2D eigenvalue weighted by Crippen LogP contribution is 2.20. The molecule has 10 nitrogen and oxygen atoms in total. The molecular weight excluding hydrogens is 308 g/mol. The van der Waals surface area contributed by atoms with Gasteiger partial charge < -0.3 is 15.2 Å². The lowest BCUT2D eigenvalue weighted by atomic mass is 10.2. The maximum absolute atomic E-state index is 12.0. The molecule has 0 bridgehead atoms. The number of amides is 2. The van der Waals surface area contributed by atoms with Crippen LogP contribution in [0.3, 0.4) is 0 Å². The minimum Gasteiger partial charge on any atom is -0.449 e. The van der Waals surface area contributed by atoms with Crippen molar-refractivity contribution < 1.29 is 24.0 Å². The number of benzene rings is 1. The molecule has 0 aliphatic carbocycles. The average molecular weight is 324 g/mol. The first-order valence-electron chi connectivity index (χ1n) is 6.62. The minimum atomic E-state index is -0.971. The summed E-state index contributed by atoms with van der Waals surface area (Å²) >= 11 is 0. The number of ether oxygens (including phenoxy) is 2. The molecule has 0 atom stereocenters. The molecule has 1 rings (SSSR count). The van der Waals surface area contributed by atoms with Gasteiger partial charge in [-0.3, -0.25) is 10.1 Å². The van der Waals surface area contributed by atoms with Crippen molar-refractivity contribution in [3.63, 3.8) is 0 Å². The largest absolute Gasteiger partial charge is 0.449 e. The van der Waals surface area contributed by atoms with Gasteiger partial charge in [-0.15, -0.1) is 4.99 Å². The zero-order valence-corrected chi connectivity index (χ0v) is 12.6. The number of non-ortho nitro benzene ring substituents is 1. The van der Waals surface area contributed by atoms with Gasteiger partial charge in [-0.2, -0.15) is 0 Å². The van der Waals surface area contributed by atoms with Crippen LogP contribution in [0.15, 0.2) is 29.3 Å². The van der Waals surface area contributed by atoms with E-state index < -0.39 is 23.1 Å². The van der Waals surface area contributed by atoms with Crippen LogP contribution in [0.25, 0.3) is 0 Å². The van der Waals surface area contributed by atoms with Gasteiger partial charge in [-0.25, -0.2) is 14.5 Å². The standard InChI is InChI=1S/C13H16N4O6/c1-3-22-12(18)15-11(14)16(13(19)23-4-2)9-5-7-10(8-6-9)17(20)21/h5-8H,3-4H2,1-2H3,(H2,14,15,18). The molecule has 1 aromatic rings. The number of carbonyl (C=O) groups is 2. The Bertz CT molecular complexity index is 613. The van der Waals surface area contributed by atoms with Gasteiger partial charge in [-0.05, 0) is 26.0 Å². The number of guanidine groups is 1.